The first-order valence-corrected chi connectivity index (χ1v) is 10.4. The Balaban J connectivity index is 1.44. The van der Waals surface area contributed by atoms with Gasteiger partial charge in [0.1, 0.15) is 0 Å². The molecule has 2 heterocycles. The molecular formula is C24H27N3O3. The minimum absolute atomic E-state index is 0.0595. The second kappa shape index (κ2) is 8.03. The zero-order valence-corrected chi connectivity index (χ0v) is 17.7. The van der Waals surface area contributed by atoms with Crippen molar-refractivity contribution in [3.8, 4) is 0 Å². The number of imide groups is 1. The van der Waals surface area contributed by atoms with Crippen LogP contribution in [-0.2, 0) is 9.59 Å². The number of piperazine rings is 1. The third kappa shape index (κ3) is 3.63. The number of amides is 2. The highest BCUT2D eigenvalue weighted by Crippen LogP contribution is 2.31. The number of rotatable bonds is 4. The van der Waals surface area contributed by atoms with Crippen LogP contribution < -0.4 is 9.80 Å². The molecule has 2 saturated heterocycles. The fraction of sp³-hybridized carbons (Fsp3) is 0.375. The molecule has 0 unspecified atom stereocenters. The number of hydrogen-bond donors (Lipinski definition) is 0. The maximum absolute atomic E-state index is 13.2. The highest BCUT2D eigenvalue weighted by atomic mass is 16.2. The molecule has 0 spiro atoms. The van der Waals surface area contributed by atoms with Gasteiger partial charge in [0.25, 0.3) is 5.91 Å². The predicted molar refractivity (Wildman–Crippen MR) is 117 cm³/mol. The molecule has 6 heteroatoms. The number of nitrogens with zero attached hydrogens (tertiary/aromatic N) is 3. The Labute approximate surface area is 177 Å². The summed E-state index contributed by atoms with van der Waals surface area (Å²) in [7, 11) is 0. The van der Waals surface area contributed by atoms with E-state index in [0.717, 1.165) is 48.7 Å². The summed E-state index contributed by atoms with van der Waals surface area (Å²) in [4.78, 5) is 43.2. The summed E-state index contributed by atoms with van der Waals surface area (Å²) in [6, 6.07) is 13.1. The lowest BCUT2D eigenvalue weighted by Crippen LogP contribution is -2.52. The minimum atomic E-state index is -0.390. The Hall–Kier alpha value is -2.99. The smallest absolute Gasteiger partial charge is 0.251 e. The lowest BCUT2D eigenvalue weighted by Gasteiger charge is -2.38. The number of hydrogen-bond acceptors (Lipinski definition) is 5. The molecule has 0 bridgehead atoms. The zero-order valence-electron chi connectivity index (χ0n) is 17.7. The fourth-order valence-electron chi connectivity index (χ4n) is 4.49. The van der Waals surface area contributed by atoms with Crippen molar-refractivity contribution in [2.75, 3.05) is 36.0 Å². The standard InChI is InChI=1S/C24H27N3O3/c1-16-5-4-6-17(2)23(16)27-22(29)15-21(24(27)30)26-13-11-25(12-14-26)20-9-7-19(8-10-20)18(3)28/h4-10,21H,11-15H2,1-3H3/t21-/m0/s1. The second-order valence-corrected chi connectivity index (χ2v) is 8.15. The van der Waals surface area contributed by atoms with Crippen molar-refractivity contribution in [1.82, 2.24) is 4.90 Å². The van der Waals surface area contributed by atoms with Crippen molar-refractivity contribution in [3.63, 3.8) is 0 Å². The molecule has 4 rings (SSSR count). The van der Waals surface area contributed by atoms with E-state index >= 15 is 0 Å². The van der Waals surface area contributed by atoms with E-state index < -0.39 is 6.04 Å². The molecule has 0 N–H and O–H groups in total. The Bertz CT molecular complexity index is 971. The van der Waals surface area contributed by atoms with Crippen LogP contribution in [-0.4, -0.2) is 54.7 Å². The second-order valence-electron chi connectivity index (χ2n) is 8.15. The van der Waals surface area contributed by atoms with Gasteiger partial charge < -0.3 is 4.90 Å². The van der Waals surface area contributed by atoms with Crippen LogP contribution in [0.2, 0.25) is 0 Å². The number of carbonyl (C=O) groups is 3. The van der Waals surface area contributed by atoms with Crippen LogP contribution in [0, 0.1) is 13.8 Å². The number of carbonyl (C=O) groups excluding carboxylic acids is 3. The van der Waals surface area contributed by atoms with Gasteiger partial charge in [-0.3, -0.25) is 19.3 Å². The zero-order chi connectivity index (χ0) is 21.4. The van der Waals surface area contributed by atoms with Gasteiger partial charge in [0, 0.05) is 37.4 Å². The molecule has 0 aromatic heterocycles. The molecular weight excluding hydrogens is 378 g/mol. The molecule has 6 nitrogen and oxygen atoms in total. The van der Waals surface area contributed by atoms with Gasteiger partial charge in [0.05, 0.1) is 18.2 Å². The van der Waals surface area contributed by atoms with E-state index in [1.807, 2.05) is 56.3 Å². The number of Topliss-reactive ketones (excluding diaryl/α,β-unsaturated/α-hetero) is 1. The quantitative estimate of drug-likeness (QED) is 0.578. The molecule has 0 radical (unpaired) electrons. The highest BCUT2D eigenvalue weighted by Gasteiger charge is 2.44. The summed E-state index contributed by atoms with van der Waals surface area (Å²) in [6.07, 6.45) is 0.236. The van der Waals surface area contributed by atoms with Crippen LogP contribution >= 0.6 is 0 Å². The first kappa shape index (κ1) is 20.3. The molecule has 2 aliphatic heterocycles. The van der Waals surface area contributed by atoms with Crippen molar-refractivity contribution >= 4 is 29.0 Å². The number of benzene rings is 2. The average molecular weight is 405 g/mol. The summed E-state index contributed by atoms with van der Waals surface area (Å²) < 4.78 is 0. The van der Waals surface area contributed by atoms with Crippen LogP contribution in [0.4, 0.5) is 11.4 Å². The minimum Gasteiger partial charge on any atom is -0.369 e. The van der Waals surface area contributed by atoms with Crippen molar-refractivity contribution in [1.29, 1.82) is 0 Å². The van der Waals surface area contributed by atoms with Gasteiger partial charge in [-0.25, -0.2) is 4.90 Å². The average Bonchev–Trinajstić information content (AvgIpc) is 3.02. The lowest BCUT2D eigenvalue weighted by molar-refractivity contribution is -0.123. The monoisotopic (exact) mass is 405 g/mol. The van der Waals surface area contributed by atoms with Crippen LogP contribution in [0.25, 0.3) is 0 Å². The van der Waals surface area contributed by atoms with E-state index in [2.05, 4.69) is 9.80 Å². The van der Waals surface area contributed by atoms with Crippen molar-refractivity contribution in [2.24, 2.45) is 0 Å². The molecule has 156 valence electrons. The number of ketones is 1. The summed E-state index contributed by atoms with van der Waals surface area (Å²) in [6.45, 7) is 8.44. The summed E-state index contributed by atoms with van der Waals surface area (Å²) in [5.74, 6) is -0.175. The van der Waals surface area contributed by atoms with Gasteiger partial charge in [-0.05, 0) is 56.2 Å². The maximum atomic E-state index is 13.2. The maximum Gasteiger partial charge on any atom is 0.251 e. The lowest BCUT2D eigenvalue weighted by atomic mass is 10.1. The topological polar surface area (TPSA) is 60.9 Å². The Morgan fingerprint density at radius 1 is 0.900 bits per heavy atom. The Kier molecular flexibility index (Phi) is 5.43. The number of para-hydroxylation sites is 1. The molecule has 30 heavy (non-hydrogen) atoms. The van der Waals surface area contributed by atoms with E-state index in [-0.39, 0.29) is 24.0 Å². The van der Waals surface area contributed by atoms with Gasteiger partial charge in [-0.1, -0.05) is 18.2 Å². The molecule has 0 saturated carbocycles. The van der Waals surface area contributed by atoms with Crippen LogP contribution in [0.1, 0.15) is 34.8 Å². The number of aryl methyl sites for hydroxylation is 2. The van der Waals surface area contributed by atoms with Crippen LogP contribution in [0.3, 0.4) is 0 Å². The SMILES string of the molecule is CC(=O)c1ccc(N2CCN([C@H]3CC(=O)N(c4c(C)cccc4C)C3=O)CC2)cc1. The van der Waals surface area contributed by atoms with Crippen molar-refractivity contribution in [3.05, 3.63) is 59.2 Å². The predicted octanol–water partition coefficient (Wildman–Crippen LogP) is 2.96. The van der Waals surface area contributed by atoms with Gasteiger partial charge in [-0.15, -0.1) is 0 Å². The fourth-order valence-corrected chi connectivity index (χ4v) is 4.49. The number of anilines is 2. The van der Waals surface area contributed by atoms with Crippen LogP contribution in [0.5, 0.6) is 0 Å². The summed E-state index contributed by atoms with van der Waals surface area (Å²) in [5.41, 5.74) is 4.40. The molecule has 1 atom stereocenters. The van der Waals surface area contributed by atoms with E-state index in [1.165, 1.54) is 4.90 Å². The third-order valence-electron chi connectivity index (χ3n) is 6.18. The van der Waals surface area contributed by atoms with Crippen molar-refractivity contribution < 1.29 is 14.4 Å². The van der Waals surface area contributed by atoms with Gasteiger partial charge in [-0.2, -0.15) is 0 Å². The first-order chi connectivity index (χ1) is 14.4. The summed E-state index contributed by atoms with van der Waals surface area (Å²) >= 11 is 0. The van der Waals surface area contributed by atoms with Crippen LogP contribution in [0.15, 0.2) is 42.5 Å². The van der Waals surface area contributed by atoms with E-state index in [9.17, 15) is 14.4 Å². The molecule has 2 aromatic rings. The van der Waals surface area contributed by atoms with E-state index in [0.29, 0.717) is 5.56 Å². The Morgan fingerprint density at radius 2 is 1.50 bits per heavy atom. The highest BCUT2D eigenvalue weighted by molar-refractivity contribution is 6.23. The van der Waals surface area contributed by atoms with Gasteiger partial charge >= 0.3 is 0 Å². The molecule has 2 aliphatic rings. The molecule has 2 aromatic carbocycles. The van der Waals surface area contributed by atoms with Crippen molar-refractivity contribution in [2.45, 2.75) is 33.2 Å². The Morgan fingerprint density at radius 3 is 2.07 bits per heavy atom. The molecule has 0 aliphatic carbocycles. The van der Waals surface area contributed by atoms with E-state index in [4.69, 9.17) is 0 Å². The van der Waals surface area contributed by atoms with Gasteiger partial charge in [0.2, 0.25) is 5.91 Å². The van der Waals surface area contributed by atoms with Gasteiger partial charge in [0.15, 0.2) is 5.78 Å². The molecule has 2 fully saturated rings. The normalized spacial score (nSPS) is 20.2. The summed E-state index contributed by atoms with van der Waals surface area (Å²) in [5, 5.41) is 0. The first-order valence-electron chi connectivity index (χ1n) is 10.4. The molecule has 2 amide bonds. The third-order valence-corrected chi connectivity index (χ3v) is 6.18. The van der Waals surface area contributed by atoms with E-state index in [1.54, 1.807) is 6.92 Å². The largest absolute Gasteiger partial charge is 0.369 e.